The first-order valence-electron chi connectivity index (χ1n) is 8.30. The Bertz CT molecular complexity index is 802. The average Bonchev–Trinajstić information content (AvgIpc) is 3.40. The van der Waals surface area contributed by atoms with E-state index in [1.807, 2.05) is 54.6 Å². The predicted octanol–water partition coefficient (Wildman–Crippen LogP) is 2.76. The summed E-state index contributed by atoms with van der Waals surface area (Å²) in [5.41, 5.74) is 1.83. The van der Waals surface area contributed by atoms with Gasteiger partial charge in [0.25, 0.3) is 0 Å². The van der Waals surface area contributed by atoms with E-state index in [-0.39, 0.29) is 29.9 Å². The first-order chi connectivity index (χ1) is 12.1. The van der Waals surface area contributed by atoms with Crippen LogP contribution >= 0.6 is 0 Å². The highest BCUT2D eigenvalue weighted by Crippen LogP contribution is 2.49. The van der Waals surface area contributed by atoms with Gasteiger partial charge in [0.2, 0.25) is 5.91 Å². The Labute approximate surface area is 146 Å². The lowest BCUT2D eigenvalue weighted by Crippen LogP contribution is -2.66. The fourth-order valence-electron chi connectivity index (χ4n) is 3.60. The van der Waals surface area contributed by atoms with Gasteiger partial charge in [0.15, 0.2) is 0 Å². The van der Waals surface area contributed by atoms with Crippen molar-refractivity contribution in [1.29, 1.82) is 0 Å². The normalized spacial score (nSPS) is 27.6. The van der Waals surface area contributed by atoms with Crippen LogP contribution in [-0.2, 0) is 14.3 Å². The molecule has 5 nitrogen and oxygen atoms in total. The second kappa shape index (κ2) is 6.01. The number of amides is 1. The summed E-state index contributed by atoms with van der Waals surface area (Å²) >= 11 is 0. The van der Waals surface area contributed by atoms with E-state index in [4.69, 9.17) is 9.47 Å². The maximum Gasteiger partial charge on any atom is 0.240 e. The molecule has 2 aromatic carbocycles. The Morgan fingerprint density at radius 1 is 1.08 bits per heavy atom. The van der Waals surface area contributed by atoms with Crippen molar-refractivity contribution >= 4 is 17.4 Å². The molecule has 2 aliphatic rings. The molecule has 0 unspecified atom stereocenters. The summed E-state index contributed by atoms with van der Waals surface area (Å²) in [5.74, 6) is -0.172. The van der Waals surface area contributed by atoms with Crippen molar-refractivity contribution in [3.05, 3.63) is 60.2 Å². The van der Waals surface area contributed by atoms with E-state index >= 15 is 0 Å². The first-order valence-corrected chi connectivity index (χ1v) is 8.30. The number of benzene rings is 2. The van der Waals surface area contributed by atoms with E-state index in [9.17, 15) is 9.59 Å². The number of hydrogen-bond acceptors (Lipinski definition) is 4. The monoisotopic (exact) mass is 337 g/mol. The van der Waals surface area contributed by atoms with Crippen molar-refractivity contribution in [3.8, 4) is 5.75 Å². The van der Waals surface area contributed by atoms with Gasteiger partial charge in [-0.1, -0.05) is 30.3 Å². The molecule has 2 saturated heterocycles. The summed E-state index contributed by atoms with van der Waals surface area (Å²) < 4.78 is 11.0. The largest absolute Gasteiger partial charge is 0.497 e. The molecule has 0 radical (unpaired) electrons. The topological polar surface area (TPSA) is 59.1 Å². The maximum atomic E-state index is 12.6. The second-order valence-corrected chi connectivity index (χ2v) is 6.42. The van der Waals surface area contributed by atoms with Crippen LogP contribution in [0.4, 0.5) is 5.69 Å². The second-order valence-electron chi connectivity index (χ2n) is 6.42. The van der Waals surface area contributed by atoms with Crippen molar-refractivity contribution in [3.63, 3.8) is 0 Å². The molecule has 25 heavy (non-hydrogen) atoms. The molecule has 1 amide bonds. The van der Waals surface area contributed by atoms with Crippen molar-refractivity contribution in [2.75, 3.05) is 12.0 Å². The minimum atomic E-state index is -0.624. The Morgan fingerprint density at radius 3 is 2.36 bits per heavy atom. The quantitative estimate of drug-likeness (QED) is 0.478. The van der Waals surface area contributed by atoms with Gasteiger partial charge in [-0.3, -0.25) is 9.59 Å². The van der Waals surface area contributed by atoms with Crippen LogP contribution in [0.15, 0.2) is 54.6 Å². The molecule has 0 saturated carbocycles. The molecule has 0 N–H and O–H groups in total. The summed E-state index contributed by atoms with van der Waals surface area (Å²) in [4.78, 5) is 26.2. The Balaban J connectivity index is 1.60. The highest BCUT2D eigenvalue weighted by Gasteiger charge is 2.61. The molecule has 4 atom stereocenters. The third-order valence-corrected chi connectivity index (χ3v) is 4.92. The number of carbonyl (C=O) groups excluding carboxylic acids is 2. The van der Waals surface area contributed by atoms with E-state index in [1.165, 1.54) is 6.92 Å². The predicted molar refractivity (Wildman–Crippen MR) is 92.5 cm³/mol. The number of β-lactam (4-membered cyclic amide) rings is 1. The number of methoxy groups -OCH3 is 1. The maximum absolute atomic E-state index is 12.6. The number of epoxide rings is 1. The molecule has 2 fully saturated rings. The highest BCUT2D eigenvalue weighted by molar-refractivity contribution is 6.15. The van der Waals surface area contributed by atoms with Crippen LogP contribution < -0.4 is 9.64 Å². The third kappa shape index (κ3) is 2.61. The summed E-state index contributed by atoms with van der Waals surface area (Å²) in [6, 6.07) is 16.9. The lowest BCUT2D eigenvalue weighted by atomic mass is 9.80. The number of hydrogen-bond donors (Lipinski definition) is 0. The molecule has 2 heterocycles. The molecule has 5 heteroatoms. The molecule has 0 aliphatic carbocycles. The number of ether oxygens (including phenoxy) is 2. The van der Waals surface area contributed by atoms with Gasteiger partial charge in [-0.05, 0) is 36.8 Å². The lowest BCUT2D eigenvalue weighted by molar-refractivity contribution is -0.139. The van der Waals surface area contributed by atoms with Gasteiger partial charge in [-0.2, -0.15) is 0 Å². The van der Waals surface area contributed by atoms with E-state index in [0.717, 1.165) is 17.0 Å². The van der Waals surface area contributed by atoms with E-state index in [2.05, 4.69) is 0 Å². The van der Waals surface area contributed by atoms with Crippen LogP contribution in [0.1, 0.15) is 18.6 Å². The van der Waals surface area contributed by atoms with Crippen LogP contribution in [-0.4, -0.2) is 30.9 Å². The molecular formula is C20H19NO4. The van der Waals surface area contributed by atoms with Crippen LogP contribution in [0.2, 0.25) is 0 Å². The summed E-state index contributed by atoms with van der Waals surface area (Å²) in [6.45, 7) is 1.47. The van der Waals surface area contributed by atoms with Crippen LogP contribution in [0, 0.1) is 5.92 Å². The van der Waals surface area contributed by atoms with Gasteiger partial charge in [-0.25, -0.2) is 0 Å². The van der Waals surface area contributed by atoms with Crippen molar-refractivity contribution in [2.24, 2.45) is 5.92 Å². The third-order valence-electron chi connectivity index (χ3n) is 4.92. The van der Waals surface area contributed by atoms with Crippen molar-refractivity contribution < 1.29 is 19.1 Å². The van der Waals surface area contributed by atoms with Crippen LogP contribution in [0.3, 0.4) is 0 Å². The standard InChI is InChI=1S/C20H19NO4/c1-12(22)16-17(19-18(25-19)13-6-4-3-5-7-13)21(20(16)23)14-8-10-15(24-2)11-9-14/h3-11,16-19H,1-2H3/t16-,17+,18+,19-/m1/s1. The average molecular weight is 337 g/mol. The van der Waals surface area contributed by atoms with Gasteiger partial charge in [0, 0.05) is 5.69 Å². The smallest absolute Gasteiger partial charge is 0.240 e. The number of carbonyl (C=O) groups is 2. The molecular weight excluding hydrogens is 318 g/mol. The highest BCUT2D eigenvalue weighted by atomic mass is 16.6. The van der Waals surface area contributed by atoms with Crippen LogP contribution in [0.5, 0.6) is 5.75 Å². The van der Waals surface area contributed by atoms with E-state index < -0.39 is 5.92 Å². The van der Waals surface area contributed by atoms with E-state index in [1.54, 1.807) is 12.0 Å². The SMILES string of the molecule is COc1ccc(N2C(=O)[C@H](C(C)=O)[C@H]2[C@H]2O[C@H]2c2ccccc2)cc1. The van der Waals surface area contributed by atoms with E-state index in [0.29, 0.717) is 0 Å². The minimum Gasteiger partial charge on any atom is -0.497 e. The van der Waals surface area contributed by atoms with Gasteiger partial charge in [-0.15, -0.1) is 0 Å². The Morgan fingerprint density at radius 2 is 1.76 bits per heavy atom. The number of Topliss-reactive ketones (excluding diaryl/α,β-unsaturated/α-hetero) is 1. The van der Waals surface area contributed by atoms with Crippen LogP contribution in [0.25, 0.3) is 0 Å². The number of rotatable bonds is 5. The van der Waals surface area contributed by atoms with Gasteiger partial charge >= 0.3 is 0 Å². The van der Waals surface area contributed by atoms with Gasteiger partial charge in [0.1, 0.15) is 29.7 Å². The molecule has 128 valence electrons. The fraction of sp³-hybridized carbons (Fsp3) is 0.300. The van der Waals surface area contributed by atoms with Gasteiger partial charge in [0.05, 0.1) is 13.2 Å². The zero-order valence-electron chi connectivity index (χ0n) is 14.1. The molecule has 2 aliphatic heterocycles. The fourth-order valence-corrected chi connectivity index (χ4v) is 3.60. The molecule has 0 spiro atoms. The van der Waals surface area contributed by atoms with Crippen molar-refractivity contribution in [1.82, 2.24) is 0 Å². The summed E-state index contributed by atoms with van der Waals surface area (Å²) in [7, 11) is 1.60. The number of nitrogens with zero attached hydrogens (tertiary/aromatic N) is 1. The summed E-state index contributed by atoms with van der Waals surface area (Å²) in [6.07, 6.45) is -0.224. The molecule has 0 aromatic heterocycles. The summed E-state index contributed by atoms with van der Waals surface area (Å²) in [5, 5.41) is 0. The Kier molecular flexibility index (Phi) is 3.81. The minimum absolute atomic E-state index is 0.0677. The van der Waals surface area contributed by atoms with Crippen molar-refractivity contribution in [2.45, 2.75) is 25.2 Å². The molecule has 2 aromatic rings. The number of ketones is 1. The number of anilines is 1. The zero-order valence-corrected chi connectivity index (χ0v) is 14.1. The zero-order chi connectivity index (χ0) is 17.6. The first kappa shape index (κ1) is 15.8. The Hall–Kier alpha value is -2.66. The molecule has 4 rings (SSSR count). The van der Waals surface area contributed by atoms with Gasteiger partial charge < -0.3 is 14.4 Å². The lowest BCUT2D eigenvalue weighted by Gasteiger charge is -2.45. The molecule has 0 bridgehead atoms.